The molecule has 0 aliphatic rings. The maximum Gasteiger partial charge on any atom is 0.0939 e. The van der Waals surface area contributed by atoms with E-state index in [0.717, 1.165) is 5.56 Å². The molecule has 0 aliphatic heterocycles. The molecule has 1 nitrogen and oxygen atoms in total. The van der Waals surface area contributed by atoms with Crippen LogP contribution in [0.4, 0.5) is 0 Å². The molecule has 0 aliphatic carbocycles. The van der Waals surface area contributed by atoms with Crippen molar-refractivity contribution in [2.75, 3.05) is 6.26 Å². The van der Waals surface area contributed by atoms with Gasteiger partial charge in [0.2, 0.25) is 0 Å². The molecule has 0 bridgehead atoms. The van der Waals surface area contributed by atoms with Crippen LogP contribution >= 0.6 is 23.5 Å². The fraction of sp³-hybridized carbons (Fsp3) is 0.364. The summed E-state index contributed by atoms with van der Waals surface area (Å²) in [4.78, 5) is 1.28. The molecular formula is C11H15NS2. The van der Waals surface area contributed by atoms with Crippen molar-refractivity contribution < 1.29 is 0 Å². The normalized spacial score (nSPS) is 10.6. The molecule has 1 aromatic carbocycles. The molecule has 0 spiro atoms. The van der Waals surface area contributed by atoms with Crippen molar-refractivity contribution in [3.63, 3.8) is 0 Å². The standard InChI is InChI=1S/C11H15NS2/c1-8(2)14-10-6-4-9(5-7-10)11(12)13-3/h4-8,12H,1-3H3. The highest BCUT2D eigenvalue weighted by molar-refractivity contribution is 8.13. The summed E-state index contributed by atoms with van der Waals surface area (Å²) in [6.07, 6.45) is 1.93. The van der Waals surface area contributed by atoms with Crippen LogP contribution in [0.2, 0.25) is 0 Å². The molecule has 1 aromatic rings. The lowest BCUT2D eigenvalue weighted by atomic mass is 10.2. The van der Waals surface area contributed by atoms with Crippen molar-refractivity contribution in [2.45, 2.75) is 24.0 Å². The summed E-state index contributed by atoms with van der Waals surface area (Å²) < 4.78 is 0. The number of hydrogen-bond acceptors (Lipinski definition) is 3. The van der Waals surface area contributed by atoms with E-state index >= 15 is 0 Å². The zero-order chi connectivity index (χ0) is 10.6. The first kappa shape index (κ1) is 11.7. The molecule has 0 aromatic heterocycles. The summed E-state index contributed by atoms with van der Waals surface area (Å²) >= 11 is 3.32. The second kappa shape index (κ2) is 5.47. The number of nitrogens with one attached hydrogen (secondary N) is 1. The third-order valence-electron chi connectivity index (χ3n) is 1.69. The van der Waals surface area contributed by atoms with Crippen molar-refractivity contribution in [3.05, 3.63) is 29.8 Å². The topological polar surface area (TPSA) is 23.9 Å². The van der Waals surface area contributed by atoms with Crippen LogP contribution in [0.15, 0.2) is 29.2 Å². The quantitative estimate of drug-likeness (QED) is 0.479. The van der Waals surface area contributed by atoms with Gasteiger partial charge in [-0.15, -0.1) is 23.5 Å². The number of rotatable bonds is 3. The molecule has 0 saturated heterocycles. The minimum Gasteiger partial charge on any atom is -0.293 e. The summed E-state index contributed by atoms with van der Waals surface area (Å²) in [7, 11) is 0. The van der Waals surface area contributed by atoms with Crippen LogP contribution in [-0.2, 0) is 0 Å². The second-order valence-corrected chi connectivity index (χ2v) is 5.69. The van der Waals surface area contributed by atoms with E-state index in [1.54, 1.807) is 0 Å². The lowest BCUT2D eigenvalue weighted by Crippen LogP contribution is -1.92. The predicted octanol–water partition coefficient (Wildman–Crippen LogP) is 3.88. The van der Waals surface area contributed by atoms with E-state index in [0.29, 0.717) is 10.3 Å². The molecule has 1 N–H and O–H groups in total. The van der Waals surface area contributed by atoms with Gasteiger partial charge in [-0.2, -0.15) is 0 Å². The van der Waals surface area contributed by atoms with Gasteiger partial charge in [0, 0.05) is 15.7 Å². The predicted molar refractivity (Wildman–Crippen MR) is 67.8 cm³/mol. The van der Waals surface area contributed by atoms with Gasteiger partial charge in [0.25, 0.3) is 0 Å². The summed E-state index contributed by atoms with van der Waals surface area (Å²) in [5, 5.41) is 8.89. The van der Waals surface area contributed by atoms with Gasteiger partial charge < -0.3 is 0 Å². The summed E-state index contributed by atoms with van der Waals surface area (Å²) in [6, 6.07) is 8.21. The van der Waals surface area contributed by atoms with Crippen LogP contribution < -0.4 is 0 Å². The molecular weight excluding hydrogens is 210 g/mol. The van der Waals surface area contributed by atoms with Crippen molar-refractivity contribution in [1.82, 2.24) is 0 Å². The van der Waals surface area contributed by atoms with Crippen LogP contribution in [0.5, 0.6) is 0 Å². The molecule has 0 heterocycles. The van der Waals surface area contributed by atoms with E-state index in [-0.39, 0.29) is 0 Å². The smallest absolute Gasteiger partial charge is 0.0939 e. The van der Waals surface area contributed by atoms with Crippen molar-refractivity contribution >= 4 is 28.6 Å². The molecule has 0 radical (unpaired) electrons. The van der Waals surface area contributed by atoms with E-state index in [2.05, 4.69) is 26.0 Å². The van der Waals surface area contributed by atoms with Crippen LogP contribution in [0, 0.1) is 5.41 Å². The largest absolute Gasteiger partial charge is 0.293 e. The van der Waals surface area contributed by atoms with Gasteiger partial charge in [-0.25, -0.2) is 0 Å². The van der Waals surface area contributed by atoms with E-state index < -0.39 is 0 Å². The third kappa shape index (κ3) is 3.39. The first-order valence-electron chi connectivity index (χ1n) is 4.53. The van der Waals surface area contributed by atoms with E-state index in [1.165, 1.54) is 16.7 Å². The van der Waals surface area contributed by atoms with Crippen LogP contribution in [0.25, 0.3) is 0 Å². The Morgan fingerprint density at radius 3 is 2.21 bits per heavy atom. The summed E-state index contributed by atoms with van der Waals surface area (Å²) in [5.41, 5.74) is 1.01. The highest BCUT2D eigenvalue weighted by atomic mass is 32.2. The monoisotopic (exact) mass is 225 g/mol. The van der Waals surface area contributed by atoms with Crippen molar-refractivity contribution in [2.24, 2.45) is 0 Å². The van der Waals surface area contributed by atoms with E-state index in [1.807, 2.05) is 30.2 Å². The second-order valence-electron chi connectivity index (χ2n) is 3.22. The molecule has 0 amide bonds. The number of thioether (sulfide) groups is 2. The van der Waals surface area contributed by atoms with Gasteiger partial charge >= 0.3 is 0 Å². The van der Waals surface area contributed by atoms with Gasteiger partial charge in [-0.05, 0) is 18.4 Å². The highest BCUT2D eigenvalue weighted by Crippen LogP contribution is 2.23. The molecule has 0 unspecified atom stereocenters. The molecule has 0 saturated carbocycles. The Labute approximate surface area is 94.2 Å². The van der Waals surface area contributed by atoms with E-state index in [9.17, 15) is 0 Å². The first-order chi connectivity index (χ1) is 6.63. The van der Waals surface area contributed by atoms with Crippen LogP contribution in [0.3, 0.4) is 0 Å². The van der Waals surface area contributed by atoms with Gasteiger partial charge in [0.05, 0.1) is 5.04 Å². The van der Waals surface area contributed by atoms with E-state index in [4.69, 9.17) is 5.41 Å². The molecule has 1 rings (SSSR count). The number of hydrogen-bond donors (Lipinski definition) is 1. The van der Waals surface area contributed by atoms with Gasteiger partial charge in [0.15, 0.2) is 0 Å². The fourth-order valence-corrected chi connectivity index (χ4v) is 2.28. The van der Waals surface area contributed by atoms with Gasteiger partial charge in [0.1, 0.15) is 0 Å². The van der Waals surface area contributed by atoms with Crippen LogP contribution in [0.1, 0.15) is 19.4 Å². The number of benzene rings is 1. The SMILES string of the molecule is CSC(=N)c1ccc(SC(C)C)cc1. The third-order valence-corrected chi connectivity index (χ3v) is 3.35. The molecule has 0 fully saturated rings. The maximum atomic E-state index is 7.65. The van der Waals surface area contributed by atoms with Crippen LogP contribution in [-0.4, -0.2) is 16.5 Å². The average Bonchev–Trinajstić information content (AvgIpc) is 2.17. The Balaban J connectivity index is 2.73. The molecule has 0 atom stereocenters. The molecule has 76 valence electrons. The Bertz CT molecular complexity index is 304. The summed E-state index contributed by atoms with van der Waals surface area (Å²) in [6.45, 7) is 4.37. The summed E-state index contributed by atoms with van der Waals surface area (Å²) in [5.74, 6) is 0. The van der Waals surface area contributed by atoms with Gasteiger partial charge in [-0.3, -0.25) is 5.41 Å². The van der Waals surface area contributed by atoms with Crippen molar-refractivity contribution in [3.8, 4) is 0 Å². The molecule has 14 heavy (non-hydrogen) atoms. The van der Waals surface area contributed by atoms with Gasteiger partial charge in [-0.1, -0.05) is 26.0 Å². The Morgan fingerprint density at radius 1 is 1.21 bits per heavy atom. The maximum absolute atomic E-state index is 7.65. The minimum absolute atomic E-state index is 0.612. The first-order valence-corrected chi connectivity index (χ1v) is 6.63. The zero-order valence-corrected chi connectivity index (χ0v) is 10.3. The average molecular weight is 225 g/mol. The highest BCUT2D eigenvalue weighted by Gasteiger charge is 2.01. The Morgan fingerprint density at radius 2 is 1.79 bits per heavy atom. The fourth-order valence-electron chi connectivity index (χ4n) is 1.07. The lowest BCUT2D eigenvalue weighted by molar-refractivity contribution is 1.11. The Kier molecular flexibility index (Phi) is 4.55. The minimum atomic E-state index is 0.612. The lowest BCUT2D eigenvalue weighted by Gasteiger charge is -2.05. The van der Waals surface area contributed by atoms with Crippen molar-refractivity contribution in [1.29, 1.82) is 5.41 Å². The zero-order valence-electron chi connectivity index (χ0n) is 8.70. The Hall–Kier alpha value is -0.410. The molecule has 3 heteroatoms.